The molecule has 1 saturated carbocycles. The van der Waals surface area contributed by atoms with E-state index in [1.165, 1.54) is 35.2 Å². The van der Waals surface area contributed by atoms with Crippen molar-refractivity contribution in [3.05, 3.63) is 47.9 Å². The van der Waals surface area contributed by atoms with Crippen LogP contribution in [0.2, 0.25) is 0 Å². The second-order valence-corrected chi connectivity index (χ2v) is 11.9. The smallest absolute Gasteiger partial charge is 0.140 e. The summed E-state index contributed by atoms with van der Waals surface area (Å²) >= 11 is 0. The van der Waals surface area contributed by atoms with E-state index in [0.29, 0.717) is 5.92 Å². The molecular weight excluding hydrogens is 472 g/mol. The van der Waals surface area contributed by atoms with Crippen molar-refractivity contribution in [2.75, 3.05) is 83.4 Å². The van der Waals surface area contributed by atoms with Crippen molar-refractivity contribution in [2.45, 2.75) is 44.9 Å². The molecule has 0 N–H and O–H groups in total. The van der Waals surface area contributed by atoms with Crippen molar-refractivity contribution in [2.24, 2.45) is 5.92 Å². The Labute approximate surface area is 229 Å². The molecule has 206 valence electrons. The van der Waals surface area contributed by atoms with Gasteiger partial charge in [0, 0.05) is 82.6 Å². The highest BCUT2D eigenvalue weighted by molar-refractivity contribution is 5.92. The molecular formula is C31H46N6O. The molecule has 2 aliphatic heterocycles. The highest BCUT2D eigenvalue weighted by Gasteiger charge is 2.42. The summed E-state index contributed by atoms with van der Waals surface area (Å²) in [6.45, 7) is 16.4. The molecule has 0 radical (unpaired) electrons. The van der Waals surface area contributed by atoms with Crippen molar-refractivity contribution in [1.29, 1.82) is 0 Å². The monoisotopic (exact) mass is 518 g/mol. The van der Waals surface area contributed by atoms with E-state index in [2.05, 4.69) is 85.4 Å². The van der Waals surface area contributed by atoms with Gasteiger partial charge in [-0.3, -0.25) is 4.90 Å². The predicted octanol–water partition coefficient (Wildman–Crippen LogP) is 4.69. The van der Waals surface area contributed by atoms with E-state index in [9.17, 15) is 0 Å². The van der Waals surface area contributed by atoms with Crippen LogP contribution in [0.4, 0.5) is 11.5 Å². The van der Waals surface area contributed by atoms with Gasteiger partial charge in [0.25, 0.3) is 0 Å². The number of morpholine rings is 1. The molecule has 2 saturated heterocycles. The molecule has 7 nitrogen and oxygen atoms in total. The van der Waals surface area contributed by atoms with Crippen LogP contribution in [0, 0.1) is 5.92 Å². The zero-order chi connectivity index (χ0) is 26.9. The van der Waals surface area contributed by atoms with Gasteiger partial charge in [0.2, 0.25) is 0 Å². The maximum Gasteiger partial charge on any atom is 0.140 e. The van der Waals surface area contributed by atoms with Crippen LogP contribution < -0.4 is 9.80 Å². The number of aromatic nitrogens is 2. The number of hydrogen-bond acceptors (Lipinski definition) is 7. The van der Waals surface area contributed by atoms with Gasteiger partial charge >= 0.3 is 0 Å². The lowest BCUT2D eigenvalue weighted by Crippen LogP contribution is -2.40. The maximum absolute atomic E-state index is 5.51. The first-order valence-electron chi connectivity index (χ1n) is 14.4. The van der Waals surface area contributed by atoms with Crippen LogP contribution in [0.1, 0.15) is 45.4 Å². The standard InChI is InChI=1S/C31H46N6O/c1-7-26(23(2)34(4)5)24-10-14-37(15-11-24)29-27-22-25(35(6)16-17-36-18-20-38-21-19-36)8-9-28(27)32-30(33-29)31(3)12-13-31/h7-9,22,24H,1,10-21H2,2-6H3. The maximum atomic E-state index is 5.51. The Morgan fingerprint density at radius 2 is 1.82 bits per heavy atom. The zero-order valence-electron chi connectivity index (χ0n) is 24.2. The summed E-state index contributed by atoms with van der Waals surface area (Å²) in [6.07, 6.45) is 6.66. The molecule has 1 aliphatic carbocycles. The van der Waals surface area contributed by atoms with E-state index in [1.807, 2.05) is 0 Å². The number of nitrogens with zero attached hydrogens (tertiary/aromatic N) is 6. The van der Waals surface area contributed by atoms with Crippen molar-refractivity contribution >= 4 is 22.4 Å². The van der Waals surface area contributed by atoms with Gasteiger partial charge in [-0.1, -0.05) is 19.6 Å². The molecule has 1 aromatic heterocycles. The third-order valence-electron chi connectivity index (χ3n) is 9.04. The molecule has 0 spiro atoms. The first-order valence-corrected chi connectivity index (χ1v) is 14.4. The fourth-order valence-corrected chi connectivity index (χ4v) is 5.78. The Hall–Kier alpha value is -2.64. The quantitative estimate of drug-likeness (QED) is 0.447. The van der Waals surface area contributed by atoms with Crippen LogP contribution in [0.15, 0.2) is 42.1 Å². The number of hydrogen-bond donors (Lipinski definition) is 0. The molecule has 3 heterocycles. The molecule has 38 heavy (non-hydrogen) atoms. The van der Waals surface area contributed by atoms with Crippen LogP contribution in [0.3, 0.4) is 0 Å². The minimum atomic E-state index is 0.135. The molecule has 7 heteroatoms. The number of ether oxygens (including phenoxy) is 1. The summed E-state index contributed by atoms with van der Waals surface area (Å²) < 4.78 is 5.51. The van der Waals surface area contributed by atoms with E-state index in [4.69, 9.17) is 14.7 Å². The van der Waals surface area contributed by atoms with E-state index in [0.717, 1.165) is 82.5 Å². The van der Waals surface area contributed by atoms with E-state index in [-0.39, 0.29) is 5.41 Å². The minimum Gasteiger partial charge on any atom is -0.381 e. The Morgan fingerprint density at radius 3 is 2.45 bits per heavy atom. The van der Waals surface area contributed by atoms with Gasteiger partial charge < -0.3 is 19.4 Å². The number of allylic oxidation sites excluding steroid dienone is 3. The number of anilines is 2. The molecule has 3 aliphatic rings. The number of benzene rings is 1. The molecule has 0 atom stereocenters. The largest absolute Gasteiger partial charge is 0.381 e. The second kappa shape index (κ2) is 11.2. The minimum absolute atomic E-state index is 0.135. The lowest BCUT2D eigenvalue weighted by atomic mass is 9.87. The van der Waals surface area contributed by atoms with Crippen LogP contribution >= 0.6 is 0 Å². The lowest BCUT2D eigenvalue weighted by molar-refractivity contribution is 0.0393. The third-order valence-corrected chi connectivity index (χ3v) is 9.04. The Kier molecular flexibility index (Phi) is 7.96. The summed E-state index contributed by atoms with van der Waals surface area (Å²) in [6, 6.07) is 6.76. The van der Waals surface area contributed by atoms with E-state index >= 15 is 0 Å². The highest BCUT2D eigenvalue weighted by atomic mass is 16.5. The average molecular weight is 519 g/mol. The normalized spacial score (nSPS) is 20.8. The summed E-state index contributed by atoms with van der Waals surface area (Å²) in [5.41, 5.74) is 5.14. The van der Waals surface area contributed by atoms with Crippen LogP contribution in [-0.2, 0) is 10.2 Å². The Bertz CT molecular complexity index is 1170. The van der Waals surface area contributed by atoms with E-state index in [1.54, 1.807) is 0 Å². The van der Waals surface area contributed by atoms with Gasteiger partial charge in [-0.25, -0.2) is 9.97 Å². The van der Waals surface area contributed by atoms with Gasteiger partial charge in [-0.05, 0) is 62.3 Å². The molecule has 0 unspecified atom stereocenters. The molecule has 0 amide bonds. The van der Waals surface area contributed by atoms with Gasteiger partial charge in [0.1, 0.15) is 11.6 Å². The van der Waals surface area contributed by atoms with Crippen LogP contribution in [0.25, 0.3) is 10.9 Å². The van der Waals surface area contributed by atoms with E-state index < -0.39 is 0 Å². The molecule has 1 aromatic carbocycles. The molecule has 0 bridgehead atoms. The fraction of sp³-hybridized carbons (Fsp3) is 0.613. The van der Waals surface area contributed by atoms with Crippen LogP contribution in [-0.4, -0.2) is 93.4 Å². The van der Waals surface area contributed by atoms with Gasteiger partial charge in [-0.2, -0.15) is 0 Å². The van der Waals surface area contributed by atoms with Gasteiger partial charge in [-0.15, -0.1) is 0 Å². The van der Waals surface area contributed by atoms with Crippen molar-refractivity contribution in [3.63, 3.8) is 0 Å². The van der Waals surface area contributed by atoms with Crippen molar-refractivity contribution in [1.82, 2.24) is 19.8 Å². The summed E-state index contributed by atoms with van der Waals surface area (Å²) in [4.78, 5) is 19.9. The van der Waals surface area contributed by atoms with Crippen molar-refractivity contribution < 1.29 is 4.74 Å². The number of fused-ring (bicyclic) bond motifs is 1. The number of rotatable bonds is 9. The number of likely N-dealkylation sites (N-methyl/N-ethyl adjacent to an activating group) is 1. The first kappa shape index (κ1) is 26.9. The highest BCUT2D eigenvalue weighted by Crippen LogP contribution is 2.47. The Balaban J connectivity index is 1.40. The molecule has 2 aromatic rings. The predicted molar refractivity (Wildman–Crippen MR) is 158 cm³/mol. The summed E-state index contributed by atoms with van der Waals surface area (Å²) in [7, 11) is 6.44. The lowest BCUT2D eigenvalue weighted by Gasteiger charge is -2.35. The SMILES string of the molecule is C=CC(=C(C)N(C)C)C1CCN(c2nc(C3(C)CC3)nc3ccc(N(C)CCN4CCOCC4)cc23)CC1. The van der Waals surface area contributed by atoms with Gasteiger partial charge in [0.15, 0.2) is 0 Å². The molecule has 3 fully saturated rings. The summed E-state index contributed by atoms with van der Waals surface area (Å²) in [5.74, 6) is 2.68. The first-order chi connectivity index (χ1) is 18.3. The average Bonchev–Trinajstić information content (AvgIpc) is 3.70. The van der Waals surface area contributed by atoms with Crippen molar-refractivity contribution in [3.8, 4) is 0 Å². The fourth-order valence-electron chi connectivity index (χ4n) is 5.78. The topological polar surface area (TPSA) is 48.0 Å². The summed E-state index contributed by atoms with van der Waals surface area (Å²) in [5, 5.41) is 1.18. The van der Waals surface area contributed by atoms with Crippen LogP contribution in [0.5, 0.6) is 0 Å². The van der Waals surface area contributed by atoms with Gasteiger partial charge in [0.05, 0.1) is 18.7 Å². The number of piperidine rings is 1. The third kappa shape index (κ3) is 5.69. The zero-order valence-corrected chi connectivity index (χ0v) is 24.2. The Morgan fingerprint density at radius 1 is 1.11 bits per heavy atom. The second-order valence-electron chi connectivity index (χ2n) is 11.9. The molecule has 5 rings (SSSR count).